The number of hydrogen-bond acceptors (Lipinski definition) is 3. The van der Waals surface area contributed by atoms with E-state index in [0.717, 1.165) is 16.7 Å². The van der Waals surface area contributed by atoms with Gasteiger partial charge in [0.05, 0.1) is 11.8 Å². The maximum absolute atomic E-state index is 12.8. The van der Waals surface area contributed by atoms with Gasteiger partial charge in [-0.25, -0.2) is 12.7 Å². The lowest BCUT2D eigenvalue weighted by atomic mass is 9.86. The van der Waals surface area contributed by atoms with Crippen molar-refractivity contribution < 1.29 is 13.2 Å². The topological polar surface area (TPSA) is 66.5 Å². The van der Waals surface area contributed by atoms with Crippen molar-refractivity contribution in [2.24, 2.45) is 5.92 Å². The molecular formula is C26H36N2O3S. The Morgan fingerprint density at radius 3 is 2.12 bits per heavy atom. The van der Waals surface area contributed by atoms with E-state index in [1.54, 1.807) is 0 Å². The molecule has 1 atom stereocenters. The molecule has 174 valence electrons. The fourth-order valence-corrected chi connectivity index (χ4v) is 5.63. The fraction of sp³-hybridized carbons (Fsp3) is 0.500. The maximum Gasteiger partial charge on any atom is 0.223 e. The molecule has 1 heterocycles. The van der Waals surface area contributed by atoms with Gasteiger partial charge in [0, 0.05) is 19.0 Å². The molecule has 0 aromatic heterocycles. The van der Waals surface area contributed by atoms with Gasteiger partial charge >= 0.3 is 0 Å². The molecule has 5 nitrogen and oxygen atoms in total. The molecule has 0 bridgehead atoms. The number of carbonyl (C=O) groups is 1. The van der Waals surface area contributed by atoms with Crippen molar-refractivity contribution in [3.05, 3.63) is 70.8 Å². The third-order valence-corrected chi connectivity index (χ3v) is 8.17. The van der Waals surface area contributed by atoms with Crippen LogP contribution in [0.3, 0.4) is 0 Å². The minimum atomic E-state index is -3.38. The van der Waals surface area contributed by atoms with Crippen molar-refractivity contribution in [3.8, 4) is 0 Å². The van der Waals surface area contributed by atoms with E-state index in [1.807, 2.05) is 38.1 Å². The quantitative estimate of drug-likeness (QED) is 0.684. The summed E-state index contributed by atoms with van der Waals surface area (Å²) in [4.78, 5) is 12.8. The van der Waals surface area contributed by atoms with Crippen molar-refractivity contribution >= 4 is 15.9 Å². The third kappa shape index (κ3) is 6.20. The highest BCUT2D eigenvalue weighted by molar-refractivity contribution is 7.88. The summed E-state index contributed by atoms with van der Waals surface area (Å²) in [5, 5.41) is 3.12. The third-order valence-electron chi connectivity index (χ3n) is 6.32. The molecule has 1 aliphatic heterocycles. The number of sulfonamides is 1. The molecule has 6 heteroatoms. The van der Waals surface area contributed by atoms with E-state index in [2.05, 4.69) is 50.4 Å². The summed E-state index contributed by atoms with van der Waals surface area (Å²) in [5.74, 6) is -0.142. The van der Waals surface area contributed by atoms with Crippen molar-refractivity contribution in [2.75, 3.05) is 13.1 Å². The molecule has 0 radical (unpaired) electrons. The number of carbonyl (C=O) groups excluding carboxylic acids is 1. The van der Waals surface area contributed by atoms with E-state index in [9.17, 15) is 13.2 Å². The Kier molecular flexibility index (Phi) is 7.46. The number of piperidine rings is 1. The average molecular weight is 457 g/mol. The molecule has 0 spiro atoms. The number of nitrogens with one attached hydrogen (secondary N) is 1. The first-order valence-corrected chi connectivity index (χ1v) is 13.0. The summed E-state index contributed by atoms with van der Waals surface area (Å²) in [5.41, 5.74) is 4.33. The second-order valence-electron chi connectivity index (χ2n) is 10.0. The summed E-state index contributed by atoms with van der Waals surface area (Å²) in [6.07, 6.45) is 1.10. The number of nitrogens with zero attached hydrogens (tertiary/aromatic N) is 1. The zero-order valence-electron chi connectivity index (χ0n) is 19.9. The molecule has 3 rings (SSSR count). The zero-order chi connectivity index (χ0) is 23.5. The molecule has 2 aromatic carbocycles. The first-order valence-electron chi connectivity index (χ1n) is 11.4. The molecule has 2 aromatic rings. The summed E-state index contributed by atoms with van der Waals surface area (Å²) >= 11 is 0. The molecule has 32 heavy (non-hydrogen) atoms. The van der Waals surface area contributed by atoms with Gasteiger partial charge in [0.15, 0.2) is 0 Å². The van der Waals surface area contributed by atoms with Crippen molar-refractivity contribution in [1.29, 1.82) is 0 Å². The molecule has 0 aliphatic carbocycles. The minimum Gasteiger partial charge on any atom is -0.349 e. The molecule has 1 aliphatic rings. The van der Waals surface area contributed by atoms with E-state index in [1.165, 1.54) is 9.87 Å². The van der Waals surface area contributed by atoms with Gasteiger partial charge < -0.3 is 5.32 Å². The van der Waals surface area contributed by atoms with Gasteiger partial charge in [-0.1, -0.05) is 74.9 Å². The Morgan fingerprint density at radius 1 is 1.03 bits per heavy atom. The number of rotatable bonds is 6. The number of amides is 1. The van der Waals surface area contributed by atoms with Crippen LogP contribution in [0.4, 0.5) is 0 Å². The predicted molar refractivity (Wildman–Crippen MR) is 130 cm³/mol. The zero-order valence-corrected chi connectivity index (χ0v) is 20.7. The lowest BCUT2D eigenvalue weighted by Gasteiger charge is -2.31. The lowest BCUT2D eigenvalue weighted by molar-refractivity contribution is -0.126. The molecule has 1 fully saturated rings. The van der Waals surface area contributed by atoms with Gasteiger partial charge in [0.25, 0.3) is 0 Å². The largest absolute Gasteiger partial charge is 0.349 e. The van der Waals surface area contributed by atoms with Crippen LogP contribution in [0.15, 0.2) is 48.5 Å². The Balaban J connectivity index is 1.53. The minimum absolute atomic E-state index is 0.00569. The van der Waals surface area contributed by atoms with Crippen molar-refractivity contribution in [2.45, 2.75) is 64.7 Å². The van der Waals surface area contributed by atoms with E-state index in [-0.39, 0.29) is 29.0 Å². The highest BCUT2D eigenvalue weighted by Gasteiger charge is 2.31. The summed E-state index contributed by atoms with van der Waals surface area (Å²) in [7, 11) is -3.38. The van der Waals surface area contributed by atoms with Crippen LogP contribution in [0.1, 0.15) is 68.8 Å². The van der Waals surface area contributed by atoms with Gasteiger partial charge in [0.1, 0.15) is 0 Å². The Labute approximate surface area is 193 Å². The Morgan fingerprint density at radius 2 is 1.59 bits per heavy atom. The summed E-state index contributed by atoms with van der Waals surface area (Å²) in [6.45, 7) is 11.3. The van der Waals surface area contributed by atoms with Crippen LogP contribution in [0.25, 0.3) is 0 Å². The van der Waals surface area contributed by atoms with E-state index >= 15 is 0 Å². The normalized spacial score (nSPS) is 17.2. The van der Waals surface area contributed by atoms with Gasteiger partial charge in [-0.2, -0.15) is 0 Å². The van der Waals surface area contributed by atoms with Crippen LogP contribution < -0.4 is 5.32 Å². The number of hydrogen-bond donors (Lipinski definition) is 1. The molecule has 0 unspecified atom stereocenters. The molecule has 0 saturated carbocycles. The highest BCUT2D eigenvalue weighted by Crippen LogP contribution is 2.25. The van der Waals surface area contributed by atoms with Gasteiger partial charge in [-0.3, -0.25) is 4.79 Å². The van der Waals surface area contributed by atoms with Gasteiger partial charge in [-0.05, 0) is 48.8 Å². The fourth-order valence-electron chi connectivity index (χ4n) is 4.07. The van der Waals surface area contributed by atoms with Gasteiger partial charge in [0.2, 0.25) is 15.9 Å². The van der Waals surface area contributed by atoms with Gasteiger partial charge in [-0.15, -0.1) is 0 Å². The molecule has 1 amide bonds. The van der Waals surface area contributed by atoms with Crippen molar-refractivity contribution in [3.63, 3.8) is 0 Å². The standard InChI is InChI=1S/C26H36N2O3S/c1-19-6-8-21(9-7-19)18-32(30,31)28-16-14-23(15-17-28)25(29)27-20(2)22-10-12-24(13-11-22)26(3,4)5/h6-13,20,23H,14-18H2,1-5H3,(H,27,29)/t20-/m1/s1. The summed E-state index contributed by atoms with van der Waals surface area (Å²) < 4.78 is 27.1. The van der Waals surface area contributed by atoms with Crippen LogP contribution in [-0.4, -0.2) is 31.7 Å². The highest BCUT2D eigenvalue weighted by atomic mass is 32.2. The van der Waals surface area contributed by atoms with E-state index in [4.69, 9.17) is 0 Å². The Bertz CT molecular complexity index is 1010. The van der Waals surface area contributed by atoms with Crippen LogP contribution in [0.5, 0.6) is 0 Å². The van der Waals surface area contributed by atoms with Crippen LogP contribution in [-0.2, 0) is 26.0 Å². The van der Waals surface area contributed by atoms with Crippen molar-refractivity contribution in [1.82, 2.24) is 9.62 Å². The predicted octanol–water partition coefficient (Wildman–Crippen LogP) is 4.71. The Hall–Kier alpha value is -2.18. The van der Waals surface area contributed by atoms with E-state index < -0.39 is 10.0 Å². The van der Waals surface area contributed by atoms with Crippen LogP contribution in [0, 0.1) is 12.8 Å². The number of aryl methyl sites for hydroxylation is 1. The smallest absolute Gasteiger partial charge is 0.223 e. The van der Waals surface area contributed by atoms with Crippen LogP contribution in [0.2, 0.25) is 0 Å². The molecule has 1 saturated heterocycles. The maximum atomic E-state index is 12.8. The first-order chi connectivity index (χ1) is 15.0. The van der Waals surface area contributed by atoms with E-state index in [0.29, 0.717) is 25.9 Å². The first kappa shape index (κ1) is 24.5. The number of benzene rings is 2. The second kappa shape index (κ2) is 9.75. The molecule has 1 N–H and O–H groups in total. The summed E-state index contributed by atoms with van der Waals surface area (Å²) in [6, 6.07) is 15.9. The molecular weight excluding hydrogens is 420 g/mol. The lowest BCUT2D eigenvalue weighted by Crippen LogP contribution is -2.43. The van der Waals surface area contributed by atoms with Crippen LogP contribution >= 0.6 is 0 Å². The SMILES string of the molecule is Cc1ccc(CS(=O)(=O)N2CCC(C(=O)N[C@H](C)c3ccc(C(C)(C)C)cc3)CC2)cc1. The second-order valence-corrected chi connectivity index (χ2v) is 12.0. The monoisotopic (exact) mass is 456 g/mol. The average Bonchev–Trinajstić information content (AvgIpc) is 2.75.